The summed E-state index contributed by atoms with van der Waals surface area (Å²) in [7, 11) is 0. The summed E-state index contributed by atoms with van der Waals surface area (Å²) >= 11 is 0. The second-order valence-electron chi connectivity index (χ2n) is 7.92. The van der Waals surface area contributed by atoms with Gasteiger partial charge in [-0.3, -0.25) is 0 Å². The number of amides is 1. The maximum absolute atomic E-state index is 12.2. The van der Waals surface area contributed by atoms with Gasteiger partial charge in [-0.1, -0.05) is 0 Å². The van der Waals surface area contributed by atoms with Crippen LogP contribution in [0.1, 0.15) is 59.3 Å². The molecule has 0 aromatic heterocycles. The molecular weight excluding hydrogens is 292 g/mol. The highest BCUT2D eigenvalue weighted by atomic mass is 16.6. The predicted octanol–water partition coefficient (Wildman–Crippen LogP) is 3.18. The second kappa shape index (κ2) is 8.88. The molecule has 2 aliphatic heterocycles. The average molecular weight is 326 g/mol. The van der Waals surface area contributed by atoms with Crippen molar-refractivity contribution in [2.45, 2.75) is 71.0 Å². The number of nitrogens with zero attached hydrogens (tertiary/aromatic N) is 1. The number of hydrogen-bond donors (Lipinski definition) is 1. The smallest absolute Gasteiger partial charge is 0.410 e. The van der Waals surface area contributed by atoms with E-state index in [0.29, 0.717) is 12.0 Å². The predicted molar refractivity (Wildman–Crippen MR) is 91.6 cm³/mol. The van der Waals surface area contributed by atoms with Crippen molar-refractivity contribution in [2.75, 3.05) is 32.8 Å². The van der Waals surface area contributed by atoms with Gasteiger partial charge in [0.05, 0.1) is 6.10 Å². The Kier molecular flexibility index (Phi) is 7.15. The van der Waals surface area contributed by atoms with Gasteiger partial charge in [0.25, 0.3) is 0 Å². The first-order valence-electron chi connectivity index (χ1n) is 9.24. The average Bonchev–Trinajstić information content (AvgIpc) is 2.51. The van der Waals surface area contributed by atoms with E-state index in [1.165, 1.54) is 25.7 Å². The van der Waals surface area contributed by atoms with Crippen molar-refractivity contribution < 1.29 is 14.3 Å². The minimum absolute atomic E-state index is 0.169. The summed E-state index contributed by atoms with van der Waals surface area (Å²) in [5, 5.41) is 3.55. The van der Waals surface area contributed by atoms with Gasteiger partial charge in [-0.2, -0.15) is 0 Å². The van der Waals surface area contributed by atoms with Crippen LogP contribution in [0.4, 0.5) is 4.79 Å². The monoisotopic (exact) mass is 326 g/mol. The third-order valence-electron chi connectivity index (χ3n) is 4.52. The molecule has 2 heterocycles. The topological polar surface area (TPSA) is 50.8 Å². The second-order valence-corrected chi connectivity index (χ2v) is 7.92. The molecule has 0 saturated carbocycles. The Morgan fingerprint density at radius 3 is 2.78 bits per heavy atom. The van der Waals surface area contributed by atoms with E-state index in [1.54, 1.807) is 0 Å². The standard InChI is InChI=1S/C18H34N2O3/c1-18(2,3)23-17(21)20-11-6-7-15(14-20)13-19-10-9-16-8-4-5-12-22-16/h15-16,19H,4-14H2,1-3H3. The molecule has 5 heteroatoms. The molecule has 0 aromatic rings. The molecule has 2 rings (SSSR count). The molecule has 2 aliphatic rings. The van der Waals surface area contributed by atoms with E-state index in [4.69, 9.17) is 9.47 Å². The Balaban J connectivity index is 1.62. The number of rotatable bonds is 5. The van der Waals surface area contributed by atoms with Gasteiger partial charge in [0.2, 0.25) is 0 Å². The van der Waals surface area contributed by atoms with Crippen molar-refractivity contribution in [2.24, 2.45) is 5.92 Å². The maximum Gasteiger partial charge on any atom is 0.410 e. The van der Waals surface area contributed by atoms with Gasteiger partial charge in [-0.05, 0) is 78.3 Å². The van der Waals surface area contributed by atoms with Crippen LogP contribution in [0.3, 0.4) is 0 Å². The molecule has 23 heavy (non-hydrogen) atoms. The van der Waals surface area contributed by atoms with Gasteiger partial charge in [0.1, 0.15) is 5.60 Å². The van der Waals surface area contributed by atoms with E-state index in [2.05, 4.69) is 5.32 Å². The van der Waals surface area contributed by atoms with E-state index in [1.807, 2.05) is 25.7 Å². The van der Waals surface area contributed by atoms with Gasteiger partial charge in [-0.15, -0.1) is 0 Å². The molecule has 0 aromatic carbocycles. The van der Waals surface area contributed by atoms with Crippen molar-refractivity contribution in [3.05, 3.63) is 0 Å². The summed E-state index contributed by atoms with van der Waals surface area (Å²) in [5.74, 6) is 0.531. The molecule has 0 spiro atoms. The first kappa shape index (κ1) is 18.5. The third kappa shape index (κ3) is 7.08. The highest BCUT2D eigenvalue weighted by Crippen LogP contribution is 2.19. The van der Waals surface area contributed by atoms with Crippen LogP contribution in [0.15, 0.2) is 0 Å². The lowest BCUT2D eigenvalue weighted by molar-refractivity contribution is 0.0108. The number of likely N-dealkylation sites (tertiary alicyclic amines) is 1. The largest absolute Gasteiger partial charge is 0.444 e. The minimum atomic E-state index is -0.414. The van der Waals surface area contributed by atoms with Crippen LogP contribution in [0.25, 0.3) is 0 Å². The fourth-order valence-electron chi connectivity index (χ4n) is 3.33. The van der Waals surface area contributed by atoms with E-state index in [0.717, 1.165) is 45.6 Å². The van der Waals surface area contributed by atoms with Gasteiger partial charge >= 0.3 is 6.09 Å². The molecule has 5 nitrogen and oxygen atoms in total. The van der Waals surface area contributed by atoms with Crippen LogP contribution in [0.2, 0.25) is 0 Å². The van der Waals surface area contributed by atoms with Crippen LogP contribution in [-0.2, 0) is 9.47 Å². The summed E-state index contributed by atoms with van der Waals surface area (Å²) in [6, 6.07) is 0. The fraction of sp³-hybridized carbons (Fsp3) is 0.944. The summed E-state index contributed by atoms with van der Waals surface area (Å²) in [6.45, 7) is 10.3. The highest BCUT2D eigenvalue weighted by Gasteiger charge is 2.27. The quantitative estimate of drug-likeness (QED) is 0.788. The summed E-state index contributed by atoms with van der Waals surface area (Å²) in [4.78, 5) is 14.0. The molecule has 0 bridgehead atoms. The van der Waals surface area contributed by atoms with Crippen molar-refractivity contribution in [3.63, 3.8) is 0 Å². The maximum atomic E-state index is 12.2. The Bertz CT molecular complexity index is 362. The molecule has 134 valence electrons. The van der Waals surface area contributed by atoms with Crippen molar-refractivity contribution in [1.82, 2.24) is 10.2 Å². The van der Waals surface area contributed by atoms with Crippen LogP contribution < -0.4 is 5.32 Å². The van der Waals surface area contributed by atoms with Gasteiger partial charge < -0.3 is 19.7 Å². The van der Waals surface area contributed by atoms with Gasteiger partial charge in [-0.25, -0.2) is 4.79 Å². The molecular formula is C18H34N2O3. The Morgan fingerprint density at radius 2 is 2.09 bits per heavy atom. The number of carbonyl (C=O) groups excluding carboxylic acids is 1. The Hall–Kier alpha value is -0.810. The Labute approximate surface area is 141 Å². The third-order valence-corrected chi connectivity index (χ3v) is 4.52. The first-order chi connectivity index (χ1) is 10.9. The van der Waals surface area contributed by atoms with E-state index in [-0.39, 0.29) is 6.09 Å². The number of ether oxygens (including phenoxy) is 2. The lowest BCUT2D eigenvalue weighted by atomic mass is 9.98. The first-order valence-corrected chi connectivity index (χ1v) is 9.24. The lowest BCUT2D eigenvalue weighted by Gasteiger charge is -2.34. The summed E-state index contributed by atoms with van der Waals surface area (Å²) < 4.78 is 11.2. The zero-order valence-electron chi connectivity index (χ0n) is 15.1. The summed E-state index contributed by atoms with van der Waals surface area (Å²) in [5.41, 5.74) is -0.414. The number of piperidine rings is 1. The molecule has 0 radical (unpaired) electrons. The van der Waals surface area contributed by atoms with Crippen LogP contribution in [-0.4, -0.2) is 55.5 Å². The molecule has 2 saturated heterocycles. The van der Waals surface area contributed by atoms with Crippen LogP contribution in [0.5, 0.6) is 0 Å². The zero-order valence-corrected chi connectivity index (χ0v) is 15.1. The number of hydrogen-bond acceptors (Lipinski definition) is 4. The van der Waals surface area contributed by atoms with Crippen molar-refractivity contribution >= 4 is 6.09 Å². The molecule has 2 unspecified atom stereocenters. The van der Waals surface area contributed by atoms with Crippen molar-refractivity contribution in [3.8, 4) is 0 Å². The molecule has 2 fully saturated rings. The summed E-state index contributed by atoms with van der Waals surface area (Å²) in [6.07, 6.45) is 7.35. The minimum Gasteiger partial charge on any atom is -0.444 e. The van der Waals surface area contributed by atoms with Crippen LogP contribution in [0, 0.1) is 5.92 Å². The zero-order chi connectivity index (χ0) is 16.7. The van der Waals surface area contributed by atoms with Crippen LogP contribution >= 0.6 is 0 Å². The molecule has 1 amide bonds. The lowest BCUT2D eigenvalue weighted by Crippen LogP contribution is -2.45. The SMILES string of the molecule is CC(C)(C)OC(=O)N1CCCC(CNCCC2CCCCO2)C1. The number of carbonyl (C=O) groups is 1. The molecule has 0 aliphatic carbocycles. The van der Waals surface area contributed by atoms with Gasteiger partial charge in [0.15, 0.2) is 0 Å². The molecule has 1 N–H and O–H groups in total. The fourth-order valence-corrected chi connectivity index (χ4v) is 3.33. The van der Waals surface area contributed by atoms with Gasteiger partial charge in [0, 0.05) is 19.7 Å². The van der Waals surface area contributed by atoms with E-state index >= 15 is 0 Å². The molecule has 2 atom stereocenters. The van der Waals surface area contributed by atoms with E-state index < -0.39 is 5.60 Å². The van der Waals surface area contributed by atoms with Crippen molar-refractivity contribution in [1.29, 1.82) is 0 Å². The normalized spacial score (nSPS) is 26.1. The number of nitrogens with one attached hydrogen (secondary N) is 1. The van der Waals surface area contributed by atoms with E-state index in [9.17, 15) is 4.79 Å². The highest BCUT2D eigenvalue weighted by molar-refractivity contribution is 5.68. The Morgan fingerprint density at radius 1 is 1.26 bits per heavy atom.